The van der Waals surface area contributed by atoms with E-state index in [0.29, 0.717) is 12.1 Å². The molecule has 0 saturated carbocycles. The quantitative estimate of drug-likeness (QED) is 0.832. The number of hydrogen-bond donors (Lipinski definition) is 1. The molecular formula is C15H28N2OS. The predicted octanol–water partition coefficient (Wildman–Crippen LogP) is 3.14. The van der Waals surface area contributed by atoms with Crippen LogP contribution in [0.4, 0.5) is 0 Å². The number of thiophene rings is 1. The first kappa shape index (κ1) is 16.6. The van der Waals surface area contributed by atoms with E-state index in [1.165, 1.54) is 4.88 Å². The standard InChI is InChI=1S/C15H28N2OS/c1-12(14-8-7-9-19-14)17(5)13(11-18-6)10-16-15(2,3)4/h7-9,12-13,16H,10-11H2,1-6H3. The molecule has 0 saturated heterocycles. The second kappa shape index (κ2) is 7.39. The largest absolute Gasteiger partial charge is 0.383 e. The molecule has 1 N–H and O–H groups in total. The van der Waals surface area contributed by atoms with Gasteiger partial charge >= 0.3 is 0 Å². The molecular weight excluding hydrogens is 256 g/mol. The monoisotopic (exact) mass is 284 g/mol. The zero-order valence-corrected chi connectivity index (χ0v) is 13.9. The summed E-state index contributed by atoms with van der Waals surface area (Å²) in [5.74, 6) is 0. The van der Waals surface area contributed by atoms with Gasteiger partial charge in [-0.2, -0.15) is 0 Å². The van der Waals surface area contributed by atoms with Crippen molar-refractivity contribution in [2.45, 2.75) is 45.3 Å². The smallest absolute Gasteiger partial charge is 0.0630 e. The molecule has 1 heterocycles. The van der Waals surface area contributed by atoms with Crippen molar-refractivity contribution in [3.8, 4) is 0 Å². The summed E-state index contributed by atoms with van der Waals surface area (Å²) in [7, 11) is 3.95. The predicted molar refractivity (Wildman–Crippen MR) is 83.9 cm³/mol. The van der Waals surface area contributed by atoms with Gasteiger partial charge in [0.05, 0.1) is 6.61 Å². The molecule has 3 nitrogen and oxygen atoms in total. The lowest BCUT2D eigenvalue weighted by Gasteiger charge is -2.34. The highest BCUT2D eigenvalue weighted by atomic mass is 32.1. The molecule has 0 amide bonds. The van der Waals surface area contributed by atoms with Crippen LogP contribution < -0.4 is 5.32 Å². The van der Waals surface area contributed by atoms with Crippen molar-refractivity contribution in [3.63, 3.8) is 0 Å². The Labute approximate surface area is 122 Å². The topological polar surface area (TPSA) is 24.5 Å². The van der Waals surface area contributed by atoms with E-state index in [0.717, 1.165) is 13.2 Å². The Hall–Kier alpha value is -0.420. The third-order valence-corrected chi connectivity index (χ3v) is 4.41. The molecule has 2 atom stereocenters. The maximum atomic E-state index is 5.38. The van der Waals surface area contributed by atoms with Crippen LogP contribution in [0.25, 0.3) is 0 Å². The van der Waals surface area contributed by atoms with Gasteiger partial charge < -0.3 is 10.1 Å². The molecule has 4 heteroatoms. The molecule has 0 aromatic carbocycles. The maximum absolute atomic E-state index is 5.38. The summed E-state index contributed by atoms with van der Waals surface area (Å²) >= 11 is 1.82. The van der Waals surface area contributed by atoms with E-state index in [1.807, 2.05) is 11.3 Å². The van der Waals surface area contributed by atoms with E-state index in [1.54, 1.807) is 7.11 Å². The SMILES string of the molecule is COCC(CNC(C)(C)C)N(C)C(C)c1cccs1. The highest BCUT2D eigenvalue weighted by Gasteiger charge is 2.23. The van der Waals surface area contributed by atoms with Crippen LogP contribution in [0, 0.1) is 0 Å². The average Bonchev–Trinajstić information content (AvgIpc) is 2.85. The minimum atomic E-state index is 0.138. The molecule has 1 aromatic heterocycles. The van der Waals surface area contributed by atoms with Crippen molar-refractivity contribution in [2.24, 2.45) is 0 Å². The highest BCUT2D eigenvalue weighted by Crippen LogP contribution is 2.25. The Morgan fingerprint density at radius 3 is 2.58 bits per heavy atom. The van der Waals surface area contributed by atoms with Crippen molar-refractivity contribution in [2.75, 3.05) is 27.3 Å². The fraction of sp³-hybridized carbons (Fsp3) is 0.733. The summed E-state index contributed by atoms with van der Waals surface area (Å²) in [5.41, 5.74) is 0.138. The van der Waals surface area contributed by atoms with Crippen LogP contribution in [0.1, 0.15) is 38.6 Å². The summed E-state index contributed by atoms with van der Waals surface area (Å²) < 4.78 is 5.38. The second-order valence-electron chi connectivity index (χ2n) is 6.10. The Bertz CT molecular complexity index is 346. The Morgan fingerprint density at radius 2 is 2.11 bits per heavy atom. The molecule has 1 rings (SSSR count). The number of nitrogens with one attached hydrogen (secondary N) is 1. The second-order valence-corrected chi connectivity index (χ2v) is 7.08. The van der Waals surface area contributed by atoms with Crippen molar-refractivity contribution >= 4 is 11.3 Å². The molecule has 0 spiro atoms. The number of methoxy groups -OCH3 is 1. The first-order chi connectivity index (χ1) is 8.85. The summed E-state index contributed by atoms with van der Waals surface area (Å²) in [6.45, 7) is 10.5. The van der Waals surface area contributed by atoms with E-state index >= 15 is 0 Å². The van der Waals surface area contributed by atoms with Crippen LogP contribution >= 0.6 is 11.3 Å². The Balaban J connectivity index is 2.64. The third-order valence-electron chi connectivity index (χ3n) is 3.37. The van der Waals surface area contributed by atoms with Gasteiger partial charge in [0.2, 0.25) is 0 Å². The molecule has 2 unspecified atom stereocenters. The number of likely N-dealkylation sites (N-methyl/N-ethyl adjacent to an activating group) is 1. The van der Waals surface area contributed by atoms with E-state index in [-0.39, 0.29) is 5.54 Å². The van der Waals surface area contributed by atoms with E-state index in [4.69, 9.17) is 4.74 Å². The third kappa shape index (κ3) is 5.61. The molecule has 0 fully saturated rings. The van der Waals surface area contributed by atoms with Crippen molar-refractivity contribution in [1.29, 1.82) is 0 Å². The van der Waals surface area contributed by atoms with Gasteiger partial charge in [-0.25, -0.2) is 0 Å². The lowest BCUT2D eigenvalue weighted by molar-refractivity contribution is 0.0808. The van der Waals surface area contributed by atoms with E-state index in [9.17, 15) is 0 Å². The van der Waals surface area contributed by atoms with Crippen LogP contribution in [0.3, 0.4) is 0 Å². The van der Waals surface area contributed by atoms with Crippen LogP contribution in [0.15, 0.2) is 17.5 Å². The lowest BCUT2D eigenvalue weighted by atomic mass is 10.1. The molecule has 0 bridgehead atoms. The molecule has 0 aliphatic rings. The fourth-order valence-corrected chi connectivity index (χ4v) is 2.82. The van der Waals surface area contributed by atoms with Gasteiger partial charge in [0, 0.05) is 36.2 Å². The molecule has 0 radical (unpaired) electrons. The number of nitrogens with zero attached hydrogens (tertiary/aromatic N) is 1. The molecule has 19 heavy (non-hydrogen) atoms. The van der Waals surface area contributed by atoms with Gasteiger partial charge in [-0.15, -0.1) is 11.3 Å². The van der Waals surface area contributed by atoms with Gasteiger partial charge in [0.1, 0.15) is 0 Å². The Morgan fingerprint density at radius 1 is 1.42 bits per heavy atom. The molecule has 110 valence electrons. The van der Waals surface area contributed by atoms with Crippen LogP contribution in [0.5, 0.6) is 0 Å². The van der Waals surface area contributed by atoms with Crippen molar-refractivity contribution in [1.82, 2.24) is 10.2 Å². The van der Waals surface area contributed by atoms with Gasteiger partial charge in [-0.1, -0.05) is 6.07 Å². The summed E-state index contributed by atoms with van der Waals surface area (Å²) in [6.07, 6.45) is 0. The minimum absolute atomic E-state index is 0.138. The van der Waals surface area contributed by atoms with Gasteiger partial charge in [-0.05, 0) is 46.2 Å². The first-order valence-corrected chi connectivity index (χ1v) is 7.72. The van der Waals surface area contributed by atoms with Gasteiger partial charge in [0.25, 0.3) is 0 Å². The zero-order chi connectivity index (χ0) is 14.5. The fourth-order valence-electron chi connectivity index (χ4n) is 1.98. The lowest BCUT2D eigenvalue weighted by Crippen LogP contribution is -2.48. The normalized spacial score (nSPS) is 15.7. The average molecular weight is 284 g/mol. The number of rotatable bonds is 7. The first-order valence-electron chi connectivity index (χ1n) is 6.84. The van der Waals surface area contributed by atoms with Gasteiger partial charge in [0.15, 0.2) is 0 Å². The summed E-state index contributed by atoms with van der Waals surface area (Å²) in [4.78, 5) is 3.80. The van der Waals surface area contributed by atoms with Crippen LogP contribution in [-0.2, 0) is 4.74 Å². The zero-order valence-electron chi connectivity index (χ0n) is 13.1. The van der Waals surface area contributed by atoms with Crippen LogP contribution in [-0.4, -0.2) is 43.8 Å². The molecule has 0 aliphatic carbocycles. The number of hydrogen-bond acceptors (Lipinski definition) is 4. The van der Waals surface area contributed by atoms with Crippen molar-refractivity contribution < 1.29 is 4.74 Å². The number of ether oxygens (including phenoxy) is 1. The highest BCUT2D eigenvalue weighted by molar-refractivity contribution is 7.10. The molecule has 0 aliphatic heterocycles. The minimum Gasteiger partial charge on any atom is -0.383 e. The van der Waals surface area contributed by atoms with Crippen molar-refractivity contribution in [3.05, 3.63) is 22.4 Å². The van der Waals surface area contributed by atoms with Gasteiger partial charge in [-0.3, -0.25) is 4.90 Å². The van der Waals surface area contributed by atoms with E-state index < -0.39 is 0 Å². The maximum Gasteiger partial charge on any atom is 0.0630 e. The Kier molecular flexibility index (Phi) is 6.47. The molecule has 1 aromatic rings. The van der Waals surface area contributed by atoms with Crippen LogP contribution in [0.2, 0.25) is 0 Å². The summed E-state index contributed by atoms with van der Waals surface area (Å²) in [6, 6.07) is 5.11. The van der Waals surface area contributed by atoms with E-state index in [2.05, 4.69) is 62.5 Å². The summed E-state index contributed by atoms with van der Waals surface area (Å²) in [5, 5.41) is 5.71.